The van der Waals surface area contributed by atoms with Crippen molar-refractivity contribution in [3.8, 4) is 11.5 Å². The van der Waals surface area contributed by atoms with Crippen LogP contribution in [0, 0.1) is 0 Å². The number of carbonyl (C=O) groups excluding carboxylic acids is 2. The van der Waals surface area contributed by atoms with Gasteiger partial charge in [-0.2, -0.15) is 0 Å². The van der Waals surface area contributed by atoms with Gasteiger partial charge >= 0.3 is 11.9 Å². The Bertz CT molecular complexity index is 1320. The van der Waals surface area contributed by atoms with E-state index in [0.717, 1.165) is 18.1 Å². The first-order valence-electron chi connectivity index (χ1n) is 15.1. The summed E-state index contributed by atoms with van der Waals surface area (Å²) in [5.74, 6) is -2.03. The van der Waals surface area contributed by atoms with Crippen molar-refractivity contribution in [1.82, 2.24) is 5.32 Å². The number of methoxy groups -OCH3 is 1. The van der Waals surface area contributed by atoms with Crippen LogP contribution in [0.1, 0.15) is 49.3 Å². The first-order chi connectivity index (χ1) is 22.0. The number of carbonyl (C=O) groups is 2. The van der Waals surface area contributed by atoms with Crippen molar-refractivity contribution in [3.63, 3.8) is 0 Å². The molecule has 2 aromatic carbocycles. The van der Waals surface area contributed by atoms with Crippen LogP contribution in [0.4, 0.5) is 0 Å². The van der Waals surface area contributed by atoms with Gasteiger partial charge in [-0.1, -0.05) is 30.3 Å². The summed E-state index contributed by atoms with van der Waals surface area (Å²) in [6.45, 7) is 2.61. The summed E-state index contributed by atoms with van der Waals surface area (Å²) in [5.41, 5.74) is 2.25. The molecule has 13 heteroatoms. The summed E-state index contributed by atoms with van der Waals surface area (Å²) in [6.07, 6.45) is -5.86. The van der Waals surface area contributed by atoms with Gasteiger partial charge in [0, 0.05) is 38.8 Å². The number of hydrogen-bond donors (Lipinski definition) is 7. The van der Waals surface area contributed by atoms with Crippen LogP contribution < -0.4 is 10.1 Å². The van der Waals surface area contributed by atoms with E-state index in [1.165, 1.54) is 25.3 Å². The standard InChI is InChI=1S/C33H45NO12/c1-19(37)17-34-18-28-29(40)30(44-20(2)38)31(33(42)45-28)46-32(41)25(14-22-7-8-26(39)27(15-22)43-3)16-24(10-12-36)23-6-4-5-21(13-23)9-11-35/h4-8,13-15,19,24,28-31,33-37,39-40,42H,9-12,16-18H2,1-3H3/b25-14+/t19-,24-,28-,29-,30+,31+,33+/m0/s1. The van der Waals surface area contributed by atoms with Crippen molar-refractivity contribution in [2.24, 2.45) is 0 Å². The molecule has 2 aromatic rings. The van der Waals surface area contributed by atoms with Gasteiger partial charge in [0.15, 0.2) is 30.0 Å². The van der Waals surface area contributed by atoms with E-state index >= 15 is 0 Å². The number of aliphatic hydroxyl groups excluding tert-OH is 5. The van der Waals surface area contributed by atoms with Gasteiger partial charge in [-0.3, -0.25) is 4.79 Å². The predicted molar refractivity (Wildman–Crippen MR) is 166 cm³/mol. The van der Waals surface area contributed by atoms with Crippen molar-refractivity contribution >= 4 is 18.0 Å². The number of benzene rings is 2. The van der Waals surface area contributed by atoms with Gasteiger partial charge in [0.2, 0.25) is 0 Å². The fraction of sp³-hybridized carbons (Fsp3) is 0.515. The predicted octanol–water partition coefficient (Wildman–Crippen LogP) is 0.767. The van der Waals surface area contributed by atoms with E-state index < -0.39 is 48.7 Å². The summed E-state index contributed by atoms with van der Waals surface area (Å²) in [4.78, 5) is 25.9. The Hall–Kier alpha value is -3.56. The van der Waals surface area contributed by atoms with Crippen LogP contribution in [0.5, 0.6) is 11.5 Å². The van der Waals surface area contributed by atoms with E-state index in [-0.39, 0.29) is 62.1 Å². The molecule has 0 radical (unpaired) electrons. The quantitative estimate of drug-likeness (QED) is 0.0995. The van der Waals surface area contributed by atoms with Gasteiger partial charge in [0.05, 0.1) is 13.2 Å². The molecule has 46 heavy (non-hydrogen) atoms. The number of rotatable bonds is 16. The van der Waals surface area contributed by atoms with Crippen LogP contribution in [-0.2, 0) is 30.2 Å². The Morgan fingerprint density at radius 2 is 1.83 bits per heavy atom. The highest BCUT2D eigenvalue weighted by Gasteiger charge is 2.49. The van der Waals surface area contributed by atoms with Crippen LogP contribution in [0.2, 0.25) is 0 Å². The van der Waals surface area contributed by atoms with Crippen molar-refractivity contribution in [2.75, 3.05) is 33.4 Å². The molecule has 1 aliphatic rings. The van der Waals surface area contributed by atoms with Crippen LogP contribution >= 0.6 is 0 Å². The van der Waals surface area contributed by atoms with E-state index in [1.807, 2.05) is 24.3 Å². The number of phenols is 1. The fourth-order valence-corrected chi connectivity index (χ4v) is 5.29. The van der Waals surface area contributed by atoms with E-state index in [4.69, 9.17) is 18.9 Å². The second-order valence-electron chi connectivity index (χ2n) is 11.2. The molecule has 0 bridgehead atoms. The summed E-state index contributed by atoms with van der Waals surface area (Å²) in [6, 6.07) is 11.9. The first-order valence-corrected chi connectivity index (χ1v) is 15.1. The van der Waals surface area contributed by atoms with E-state index in [1.54, 1.807) is 13.0 Å². The SMILES string of the molecule is COc1cc(/C=C(\C[C@H](CCO)c2cccc(CCO)c2)C(=O)O[C@@H]2[C@H](OC(C)=O)[C@@H](O)[C@H](CNC[C@H](C)O)O[C@H]2O)ccc1O. The maximum Gasteiger partial charge on any atom is 0.334 e. The number of nitrogens with one attached hydrogen (secondary N) is 1. The number of phenolic OH excluding ortho intramolecular Hbond substituents is 1. The summed E-state index contributed by atoms with van der Waals surface area (Å²) < 4.78 is 21.8. The molecule has 7 N–H and O–H groups in total. The molecule has 1 heterocycles. The number of aromatic hydroxyl groups is 1. The molecule has 1 saturated heterocycles. The molecule has 1 fully saturated rings. The third-order valence-corrected chi connectivity index (χ3v) is 7.54. The molecule has 13 nitrogen and oxygen atoms in total. The lowest BCUT2D eigenvalue weighted by Crippen LogP contribution is -2.62. The smallest absolute Gasteiger partial charge is 0.334 e. The second-order valence-corrected chi connectivity index (χ2v) is 11.2. The third kappa shape index (κ3) is 10.5. The van der Waals surface area contributed by atoms with Crippen LogP contribution in [0.15, 0.2) is 48.0 Å². The van der Waals surface area contributed by atoms with Crippen LogP contribution in [0.3, 0.4) is 0 Å². The maximum atomic E-state index is 13.9. The molecule has 254 valence electrons. The van der Waals surface area contributed by atoms with E-state index in [9.17, 15) is 40.2 Å². The minimum atomic E-state index is -1.78. The molecular weight excluding hydrogens is 602 g/mol. The highest BCUT2D eigenvalue weighted by atomic mass is 16.7. The number of esters is 2. The number of ether oxygens (including phenoxy) is 4. The largest absolute Gasteiger partial charge is 0.504 e. The Balaban J connectivity index is 1.97. The molecule has 0 saturated carbocycles. The normalized spacial score (nSPS) is 23.0. The van der Waals surface area contributed by atoms with Crippen LogP contribution in [-0.4, -0.2) is 113 Å². The van der Waals surface area contributed by atoms with E-state index in [2.05, 4.69) is 5.32 Å². The van der Waals surface area contributed by atoms with Crippen molar-refractivity contribution < 1.29 is 59.2 Å². The molecule has 0 unspecified atom stereocenters. The van der Waals surface area contributed by atoms with Crippen molar-refractivity contribution in [2.45, 2.75) is 75.8 Å². The average Bonchev–Trinajstić information content (AvgIpc) is 3.01. The Kier molecular flexibility index (Phi) is 14.4. The zero-order valence-electron chi connectivity index (χ0n) is 26.2. The molecule has 3 rings (SSSR count). The molecular formula is C33H45NO12. The van der Waals surface area contributed by atoms with E-state index in [0.29, 0.717) is 12.0 Å². The van der Waals surface area contributed by atoms with Gasteiger partial charge in [0.25, 0.3) is 0 Å². The van der Waals surface area contributed by atoms with Gasteiger partial charge in [0.1, 0.15) is 12.2 Å². The highest BCUT2D eigenvalue weighted by molar-refractivity contribution is 5.94. The molecule has 0 amide bonds. The second kappa shape index (κ2) is 18.0. The molecule has 0 aliphatic carbocycles. The lowest BCUT2D eigenvalue weighted by Gasteiger charge is -2.41. The summed E-state index contributed by atoms with van der Waals surface area (Å²) >= 11 is 0. The van der Waals surface area contributed by atoms with Crippen LogP contribution in [0.25, 0.3) is 6.08 Å². The van der Waals surface area contributed by atoms with Crippen molar-refractivity contribution in [3.05, 3.63) is 64.7 Å². The minimum Gasteiger partial charge on any atom is -0.504 e. The number of aliphatic hydroxyl groups is 5. The topological polar surface area (TPSA) is 204 Å². The number of hydrogen-bond acceptors (Lipinski definition) is 13. The molecule has 7 atom stereocenters. The Morgan fingerprint density at radius 3 is 2.48 bits per heavy atom. The van der Waals surface area contributed by atoms with Gasteiger partial charge < -0.3 is 54.9 Å². The Labute approximate surface area is 268 Å². The zero-order chi connectivity index (χ0) is 33.8. The molecule has 1 aliphatic heterocycles. The molecule has 0 aromatic heterocycles. The summed E-state index contributed by atoms with van der Waals surface area (Å²) in [5, 5.41) is 63.7. The highest BCUT2D eigenvalue weighted by Crippen LogP contribution is 2.33. The first kappa shape index (κ1) is 36.9. The lowest BCUT2D eigenvalue weighted by molar-refractivity contribution is -0.287. The van der Waals surface area contributed by atoms with Gasteiger partial charge in [-0.05, 0) is 67.0 Å². The Morgan fingerprint density at radius 1 is 1.07 bits per heavy atom. The van der Waals surface area contributed by atoms with Gasteiger partial charge in [-0.15, -0.1) is 0 Å². The summed E-state index contributed by atoms with van der Waals surface area (Å²) in [7, 11) is 1.38. The van der Waals surface area contributed by atoms with Gasteiger partial charge in [-0.25, -0.2) is 4.79 Å². The average molecular weight is 648 g/mol. The monoisotopic (exact) mass is 647 g/mol. The molecule has 0 spiro atoms. The zero-order valence-corrected chi connectivity index (χ0v) is 26.2. The maximum absolute atomic E-state index is 13.9. The fourth-order valence-electron chi connectivity index (χ4n) is 5.29. The van der Waals surface area contributed by atoms with Crippen molar-refractivity contribution in [1.29, 1.82) is 0 Å². The minimum absolute atomic E-state index is 0.00637. The lowest BCUT2D eigenvalue weighted by atomic mass is 9.87. The third-order valence-electron chi connectivity index (χ3n) is 7.54.